The number of amides is 1. The topological polar surface area (TPSA) is 68.0 Å². The predicted octanol–water partition coefficient (Wildman–Crippen LogP) is 2.72. The van der Waals surface area contributed by atoms with Crippen molar-refractivity contribution in [1.29, 1.82) is 0 Å². The Kier molecular flexibility index (Phi) is 5.42. The Balaban J connectivity index is 2.03. The summed E-state index contributed by atoms with van der Waals surface area (Å²) < 4.78 is 25.5. The van der Waals surface area contributed by atoms with Crippen molar-refractivity contribution >= 4 is 17.2 Å². The van der Waals surface area contributed by atoms with Gasteiger partial charge in [-0.25, -0.2) is 13.8 Å². The van der Waals surface area contributed by atoms with Crippen LogP contribution in [0.4, 0.5) is 8.78 Å². The average Bonchev–Trinajstić information content (AvgIpc) is 2.95. The van der Waals surface area contributed by atoms with Crippen LogP contribution in [0.3, 0.4) is 0 Å². The lowest BCUT2D eigenvalue weighted by molar-refractivity contribution is 0.0906. The number of hydrogen-bond donors (Lipinski definition) is 2. The summed E-state index contributed by atoms with van der Waals surface area (Å²) in [6.45, 7) is 0.333. The van der Waals surface area contributed by atoms with Gasteiger partial charge in [-0.15, -0.1) is 11.3 Å². The van der Waals surface area contributed by atoms with Gasteiger partial charge in [0.15, 0.2) is 0 Å². The maximum Gasteiger partial charge on any atom is 0.281 e. The van der Waals surface area contributed by atoms with Crippen molar-refractivity contribution in [2.24, 2.45) is 11.7 Å². The molecular formula is C13H19F2N3OS. The third-order valence-electron chi connectivity index (χ3n) is 3.80. The fourth-order valence-electron chi connectivity index (χ4n) is 2.72. The second kappa shape index (κ2) is 7.08. The Hall–Kier alpha value is -1.08. The highest BCUT2D eigenvalue weighted by Gasteiger charge is 2.27. The van der Waals surface area contributed by atoms with E-state index in [9.17, 15) is 13.6 Å². The monoisotopic (exact) mass is 303 g/mol. The molecule has 0 aliphatic heterocycles. The number of halogens is 2. The first-order valence-corrected chi connectivity index (χ1v) is 7.74. The minimum absolute atomic E-state index is 0.00532. The molecule has 1 aromatic heterocycles. The summed E-state index contributed by atoms with van der Waals surface area (Å²) in [6.07, 6.45) is 2.83. The van der Waals surface area contributed by atoms with Crippen LogP contribution in [0.25, 0.3) is 0 Å². The standard InChI is InChI=1S/C13H19F2N3OS/c14-12(15)10-11(20-7-17-10)13(19)18-9(6-16)8-4-2-1-3-5-8/h7-9,12H,1-6,16H2,(H,18,19). The Morgan fingerprint density at radius 2 is 2.15 bits per heavy atom. The number of rotatable bonds is 5. The van der Waals surface area contributed by atoms with Gasteiger partial charge < -0.3 is 11.1 Å². The Bertz CT molecular complexity index is 447. The number of hydrogen-bond acceptors (Lipinski definition) is 4. The van der Waals surface area contributed by atoms with Gasteiger partial charge in [0.05, 0.1) is 5.51 Å². The lowest BCUT2D eigenvalue weighted by Gasteiger charge is -2.30. The van der Waals surface area contributed by atoms with Crippen molar-refractivity contribution in [3.63, 3.8) is 0 Å². The second-order valence-corrected chi connectivity index (χ2v) is 5.94. The van der Waals surface area contributed by atoms with Crippen LogP contribution < -0.4 is 11.1 Å². The number of thiazole rings is 1. The third kappa shape index (κ3) is 3.52. The molecular weight excluding hydrogens is 284 g/mol. The molecule has 1 fully saturated rings. The fourth-order valence-corrected chi connectivity index (χ4v) is 3.42. The van der Waals surface area contributed by atoms with E-state index in [4.69, 9.17) is 5.73 Å². The summed E-state index contributed by atoms with van der Waals surface area (Å²) in [5, 5.41) is 2.81. The highest BCUT2D eigenvalue weighted by molar-refractivity contribution is 7.11. The van der Waals surface area contributed by atoms with Gasteiger partial charge in [0.1, 0.15) is 10.6 Å². The molecule has 0 saturated heterocycles. The van der Waals surface area contributed by atoms with Gasteiger partial charge in [-0.3, -0.25) is 4.79 Å². The fraction of sp³-hybridized carbons (Fsp3) is 0.692. The normalized spacial score (nSPS) is 18.2. The molecule has 4 nitrogen and oxygen atoms in total. The van der Waals surface area contributed by atoms with Gasteiger partial charge in [-0.1, -0.05) is 19.3 Å². The molecule has 0 radical (unpaired) electrons. The SMILES string of the molecule is NCC(NC(=O)c1scnc1C(F)F)C1CCCCC1. The molecule has 20 heavy (non-hydrogen) atoms. The van der Waals surface area contributed by atoms with Crippen molar-refractivity contribution in [1.82, 2.24) is 10.3 Å². The van der Waals surface area contributed by atoms with E-state index in [-0.39, 0.29) is 10.9 Å². The Labute approximate surface area is 120 Å². The number of nitrogens with two attached hydrogens (primary N) is 1. The van der Waals surface area contributed by atoms with E-state index in [0.29, 0.717) is 12.5 Å². The van der Waals surface area contributed by atoms with Gasteiger partial charge in [0.2, 0.25) is 0 Å². The minimum atomic E-state index is -2.73. The molecule has 112 valence electrons. The quantitative estimate of drug-likeness (QED) is 0.879. The van der Waals surface area contributed by atoms with Crippen molar-refractivity contribution < 1.29 is 13.6 Å². The van der Waals surface area contributed by atoms with Gasteiger partial charge >= 0.3 is 0 Å². The van der Waals surface area contributed by atoms with E-state index in [1.807, 2.05) is 0 Å². The van der Waals surface area contributed by atoms with Crippen LogP contribution >= 0.6 is 11.3 Å². The van der Waals surface area contributed by atoms with Gasteiger partial charge in [0, 0.05) is 12.6 Å². The summed E-state index contributed by atoms with van der Waals surface area (Å²) in [5.74, 6) is -0.135. The molecule has 0 bridgehead atoms. The Morgan fingerprint density at radius 3 is 2.75 bits per heavy atom. The van der Waals surface area contributed by atoms with Crippen molar-refractivity contribution in [3.05, 3.63) is 16.1 Å². The van der Waals surface area contributed by atoms with E-state index in [2.05, 4.69) is 10.3 Å². The lowest BCUT2D eigenvalue weighted by Crippen LogP contribution is -2.45. The second-order valence-electron chi connectivity index (χ2n) is 5.08. The number of aromatic nitrogens is 1. The molecule has 1 amide bonds. The summed E-state index contributed by atoms with van der Waals surface area (Å²) >= 11 is 0.941. The van der Waals surface area contributed by atoms with Crippen molar-refractivity contribution in [3.8, 4) is 0 Å². The molecule has 2 rings (SSSR count). The molecule has 1 aromatic rings. The zero-order chi connectivity index (χ0) is 14.5. The third-order valence-corrected chi connectivity index (χ3v) is 4.64. The Morgan fingerprint density at radius 1 is 1.45 bits per heavy atom. The van der Waals surface area contributed by atoms with E-state index in [0.717, 1.165) is 37.0 Å². The first kappa shape index (κ1) is 15.3. The van der Waals surface area contributed by atoms with E-state index >= 15 is 0 Å². The van der Waals surface area contributed by atoms with Crippen LogP contribution in [0.5, 0.6) is 0 Å². The largest absolute Gasteiger partial charge is 0.347 e. The minimum Gasteiger partial charge on any atom is -0.347 e. The summed E-state index contributed by atoms with van der Waals surface area (Å²) in [6, 6.07) is -0.143. The zero-order valence-electron chi connectivity index (χ0n) is 11.1. The molecule has 1 heterocycles. The molecule has 7 heteroatoms. The van der Waals surface area contributed by atoms with E-state index < -0.39 is 18.0 Å². The van der Waals surface area contributed by atoms with Crippen LogP contribution in [-0.4, -0.2) is 23.5 Å². The molecule has 1 aliphatic carbocycles. The maximum absolute atomic E-state index is 12.7. The molecule has 0 spiro atoms. The molecule has 1 unspecified atom stereocenters. The smallest absolute Gasteiger partial charge is 0.281 e. The van der Waals surface area contributed by atoms with Crippen molar-refractivity contribution in [2.75, 3.05) is 6.54 Å². The highest BCUT2D eigenvalue weighted by atomic mass is 32.1. The predicted molar refractivity (Wildman–Crippen MR) is 74.0 cm³/mol. The number of nitrogens with one attached hydrogen (secondary N) is 1. The van der Waals surface area contributed by atoms with Gasteiger partial charge in [-0.05, 0) is 18.8 Å². The molecule has 1 atom stereocenters. The zero-order valence-corrected chi connectivity index (χ0v) is 12.0. The average molecular weight is 303 g/mol. The number of carbonyl (C=O) groups is 1. The molecule has 0 aromatic carbocycles. The molecule has 1 aliphatic rings. The van der Waals surface area contributed by atoms with Crippen LogP contribution in [0.1, 0.15) is 53.9 Å². The van der Waals surface area contributed by atoms with Crippen LogP contribution in [0, 0.1) is 5.92 Å². The molecule has 1 saturated carbocycles. The number of carbonyl (C=O) groups excluding carboxylic acids is 1. The van der Waals surface area contributed by atoms with E-state index in [1.54, 1.807) is 0 Å². The van der Waals surface area contributed by atoms with Gasteiger partial charge in [0.25, 0.3) is 12.3 Å². The van der Waals surface area contributed by atoms with Crippen molar-refractivity contribution in [2.45, 2.75) is 44.6 Å². The van der Waals surface area contributed by atoms with Crippen LogP contribution in [0.15, 0.2) is 5.51 Å². The first-order chi connectivity index (χ1) is 9.63. The van der Waals surface area contributed by atoms with E-state index in [1.165, 1.54) is 11.9 Å². The van der Waals surface area contributed by atoms with Gasteiger partial charge in [-0.2, -0.15) is 0 Å². The van der Waals surface area contributed by atoms with Crippen LogP contribution in [-0.2, 0) is 0 Å². The summed E-state index contributed by atoms with van der Waals surface area (Å²) in [7, 11) is 0. The number of alkyl halides is 2. The summed E-state index contributed by atoms with van der Waals surface area (Å²) in [4.78, 5) is 15.7. The molecule has 3 N–H and O–H groups in total. The van der Waals surface area contributed by atoms with Crippen LogP contribution in [0.2, 0.25) is 0 Å². The maximum atomic E-state index is 12.7. The lowest BCUT2D eigenvalue weighted by atomic mass is 9.84. The summed E-state index contributed by atoms with van der Waals surface area (Å²) in [5.41, 5.74) is 6.56. The highest BCUT2D eigenvalue weighted by Crippen LogP contribution is 2.28. The number of nitrogens with zero attached hydrogens (tertiary/aromatic N) is 1. The first-order valence-electron chi connectivity index (χ1n) is 6.86.